The lowest BCUT2D eigenvalue weighted by Crippen LogP contribution is -2.29. The number of aliphatic carboxylic acids is 1. The maximum absolute atomic E-state index is 10.4. The molecule has 0 saturated carbocycles. The quantitative estimate of drug-likeness (QED) is 0.788. The van der Waals surface area contributed by atoms with E-state index in [2.05, 4.69) is 23.1 Å². The molecule has 3 nitrogen and oxygen atoms in total. The van der Waals surface area contributed by atoms with Crippen LogP contribution in [0.5, 0.6) is 0 Å². The molecular formula is C13H15NO2. The van der Waals surface area contributed by atoms with E-state index in [1.54, 1.807) is 6.08 Å². The van der Waals surface area contributed by atoms with Crippen LogP contribution < -0.4 is 4.90 Å². The van der Waals surface area contributed by atoms with Crippen LogP contribution in [-0.2, 0) is 11.2 Å². The zero-order chi connectivity index (χ0) is 11.4. The average molecular weight is 217 g/mol. The second kappa shape index (κ2) is 4.84. The maximum Gasteiger partial charge on any atom is 0.328 e. The van der Waals surface area contributed by atoms with Crippen LogP contribution in [0.3, 0.4) is 0 Å². The Labute approximate surface area is 95.0 Å². The van der Waals surface area contributed by atoms with Crippen molar-refractivity contribution in [1.82, 2.24) is 0 Å². The highest BCUT2D eigenvalue weighted by atomic mass is 16.4. The molecule has 1 N–H and O–H groups in total. The van der Waals surface area contributed by atoms with E-state index in [1.807, 2.05) is 6.07 Å². The highest BCUT2D eigenvalue weighted by Crippen LogP contribution is 2.26. The van der Waals surface area contributed by atoms with Gasteiger partial charge in [-0.2, -0.15) is 0 Å². The smallest absolute Gasteiger partial charge is 0.328 e. The highest BCUT2D eigenvalue weighted by molar-refractivity contribution is 5.79. The Morgan fingerprint density at radius 3 is 3.06 bits per heavy atom. The molecule has 0 aliphatic carbocycles. The van der Waals surface area contributed by atoms with Gasteiger partial charge >= 0.3 is 5.97 Å². The number of carboxylic acids is 1. The lowest BCUT2D eigenvalue weighted by atomic mass is 10.0. The Kier molecular flexibility index (Phi) is 3.25. The number of para-hydroxylation sites is 1. The van der Waals surface area contributed by atoms with Gasteiger partial charge in [0.15, 0.2) is 0 Å². The number of aryl methyl sites for hydroxylation is 1. The summed E-state index contributed by atoms with van der Waals surface area (Å²) in [6, 6.07) is 8.32. The summed E-state index contributed by atoms with van der Waals surface area (Å²) in [5, 5.41) is 8.53. The SMILES string of the molecule is O=C(O)C=CCN1CCCc2ccccc21. The van der Waals surface area contributed by atoms with Crippen molar-refractivity contribution in [3.8, 4) is 0 Å². The van der Waals surface area contributed by atoms with Crippen LogP contribution in [0.25, 0.3) is 0 Å². The number of hydrogen-bond donors (Lipinski definition) is 1. The number of hydrogen-bond acceptors (Lipinski definition) is 2. The van der Waals surface area contributed by atoms with Crippen molar-refractivity contribution in [2.24, 2.45) is 0 Å². The van der Waals surface area contributed by atoms with Crippen LogP contribution in [0.15, 0.2) is 36.4 Å². The summed E-state index contributed by atoms with van der Waals surface area (Å²) in [4.78, 5) is 12.6. The van der Waals surface area contributed by atoms with Gasteiger partial charge in [-0.05, 0) is 24.5 Å². The molecular weight excluding hydrogens is 202 g/mol. The second-order valence-corrected chi connectivity index (χ2v) is 3.92. The minimum atomic E-state index is -0.884. The summed E-state index contributed by atoms with van der Waals surface area (Å²) >= 11 is 0. The first kappa shape index (κ1) is 10.7. The van der Waals surface area contributed by atoms with Gasteiger partial charge in [-0.15, -0.1) is 0 Å². The molecule has 1 aromatic carbocycles. The van der Waals surface area contributed by atoms with Crippen molar-refractivity contribution in [3.05, 3.63) is 42.0 Å². The normalized spacial score (nSPS) is 15.1. The Bertz CT molecular complexity index is 412. The second-order valence-electron chi connectivity index (χ2n) is 3.92. The summed E-state index contributed by atoms with van der Waals surface area (Å²) < 4.78 is 0. The van der Waals surface area contributed by atoms with Gasteiger partial charge in [-0.3, -0.25) is 0 Å². The molecule has 1 aromatic rings. The fraction of sp³-hybridized carbons (Fsp3) is 0.308. The number of rotatable bonds is 3. The van der Waals surface area contributed by atoms with Crippen molar-refractivity contribution >= 4 is 11.7 Å². The van der Waals surface area contributed by atoms with Gasteiger partial charge in [0, 0.05) is 24.9 Å². The first-order valence-electron chi connectivity index (χ1n) is 5.49. The van der Waals surface area contributed by atoms with Crippen molar-refractivity contribution in [3.63, 3.8) is 0 Å². The third kappa shape index (κ3) is 2.42. The van der Waals surface area contributed by atoms with Crippen LogP contribution in [0.1, 0.15) is 12.0 Å². The molecule has 3 heteroatoms. The first-order chi connectivity index (χ1) is 7.77. The van der Waals surface area contributed by atoms with E-state index in [4.69, 9.17) is 5.11 Å². The van der Waals surface area contributed by atoms with Gasteiger partial charge in [0.1, 0.15) is 0 Å². The van der Waals surface area contributed by atoms with Crippen molar-refractivity contribution in [2.45, 2.75) is 12.8 Å². The van der Waals surface area contributed by atoms with Crippen molar-refractivity contribution in [1.29, 1.82) is 0 Å². The molecule has 84 valence electrons. The van der Waals surface area contributed by atoms with Crippen LogP contribution in [-0.4, -0.2) is 24.2 Å². The van der Waals surface area contributed by atoms with Crippen molar-refractivity contribution in [2.75, 3.05) is 18.0 Å². The molecule has 1 aliphatic heterocycles. The maximum atomic E-state index is 10.4. The minimum absolute atomic E-state index is 0.670. The largest absolute Gasteiger partial charge is 0.478 e. The zero-order valence-electron chi connectivity index (χ0n) is 9.10. The summed E-state index contributed by atoms with van der Waals surface area (Å²) in [5.41, 5.74) is 2.60. The number of carbonyl (C=O) groups is 1. The van der Waals surface area contributed by atoms with Gasteiger partial charge in [0.25, 0.3) is 0 Å². The van der Waals surface area contributed by atoms with Gasteiger partial charge in [-0.1, -0.05) is 24.3 Å². The summed E-state index contributed by atoms with van der Waals surface area (Å²) in [7, 11) is 0. The number of nitrogens with zero attached hydrogens (tertiary/aromatic N) is 1. The fourth-order valence-corrected chi connectivity index (χ4v) is 2.08. The third-order valence-electron chi connectivity index (χ3n) is 2.79. The lowest BCUT2D eigenvalue weighted by molar-refractivity contribution is -0.131. The Morgan fingerprint density at radius 2 is 2.25 bits per heavy atom. The Morgan fingerprint density at radius 1 is 1.44 bits per heavy atom. The standard InChI is InChI=1S/C13H15NO2/c15-13(16)8-4-10-14-9-3-6-11-5-1-2-7-12(11)14/h1-2,4-5,7-8H,3,6,9-10H2,(H,15,16). The van der Waals surface area contributed by atoms with Gasteiger partial charge in [0.05, 0.1) is 0 Å². The van der Waals surface area contributed by atoms with Crippen LogP contribution in [0.4, 0.5) is 5.69 Å². The van der Waals surface area contributed by atoms with Crippen LogP contribution >= 0.6 is 0 Å². The summed E-state index contributed by atoms with van der Waals surface area (Å²) in [5.74, 6) is -0.884. The molecule has 2 rings (SSSR count). The predicted molar refractivity (Wildman–Crippen MR) is 63.8 cm³/mol. The zero-order valence-corrected chi connectivity index (χ0v) is 9.10. The van der Waals surface area contributed by atoms with Gasteiger partial charge < -0.3 is 10.0 Å². The van der Waals surface area contributed by atoms with E-state index in [-0.39, 0.29) is 0 Å². The van der Waals surface area contributed by atoms with Crippen molar-refractivity contribution < 1.29 is 9.90 Å². The monoisotopic (exact) mass is 217 g/mol. The first-order valence-corrected chi connectivity index (χ1v) is 5.49. The van der Waals surface area contributed by atoms with E-state index >= 15 is 0 Å². The summed E-state index contributed by atoms with van der Waals surface area (Å²) in [6.07, 6.45) is 5.16. The molecule has 0 unspecified atom stereocenters. The number of benzene rings is 1. The lowest BCUT2D eigenvalue weighted by Gasteiger charge is -2.30. The Balaban J connectivity index is 2.10. The number of anilines is 1. The molecule has 0 fully saturated rings. The molecule has 0 atom stereocenters. The molecule has 0 bridgehead atoms. The molecule has 0 aromatic heterocycles. The van der Waals surface area contributed by atoms with Crippen LogP contribution in [0, 0.1) is 0 Å². The third-order valence-corrected chi connectivity index (χ3v) is 2.79. The molecule has 0 spiro atoms. The Hall–Kier alpha value is -1.77. The number of carboxylic acid groups (broad SMARTS) is 1. The van der Waals surface area contributed by atoms with Crippen LogP contribution in [0.2, 0.25) is 0 Å². The molecule has 0 radical (unpaired) electrons. The van der Waals surface area contributed by atoms with Gasteiger partial charge in [-0.25, -0.2) is 4.79 Å². The molecule has 1 heterocycles. The minimum Gasteiger partial charge on any atom is -0.478 e. The topological polar surface area (TPSA) is 40.5 Å². The van der Waals surface area contributed by atoms with E-state index < -0.39 is 5.97 Å². The van der Waals surface area contributed by atoms with Gasteiger partial charge in [0.2, 0.25) is 0 Å². The molecule has 0 amide bonds. The molecule has 16 heavy (non-hydrogen) atoms. The van der Waals surface area contributed by atoms with E-state index in [0.717, 1.165) is 19.4 Å². The fourth-order valence-electron chi connectivity index (χ4n) is 2.08. The van der Waals surface area contributed by atoms with E-state index in [0.29, 0.717) is 6.54 Å². The molecule has 0 saturated heterocycles. The number of fused-ring (bicyclic) bond motifs is 1. The van der Waals surface area contributed by atoms with E-state index in [1.165, 1.54) is 17.3 Å². The molecule has 1 aliphatic rings. The van der Waals surface area contributed by atoms with E-state index in [9.17, 15) is 4.79 Å². The summed E-state index contributed by atoms with van der Waals surface area (Å²) in [6.45, 7) is 1.67. The highest BCUT2D eigenvalue weighted by Gasteiger charge is 2.14. The average Bonchev–Trinajstić information content (AvgIpc) is 2.29. The predicted octanol–water partition coefficient (Wildman–Crippen LogP) is 2.08.